The second-order valence-electron chi connectivity index (χ2n) is 7.35. The lowest BCUT2D eigenvalue weighted by molar-refractivity contribution is -0.122. The summed E-state index contributed by atoms with van der Waals surface area (Å²) in [5, 5.41) is 10.8. The van der Waals surface area contributed by atoms with Gasteiger partial charge in [-0.05, 0) is 35.9 Å². The number of halogens is 1. The van der Waals surface area contributed by atoms with E-state index < -0.39 is 0 Å². The van der Waals surface area contributed by atoms with Crippen molar-refractivity contribution in [2.24, 2.45) is 0 Å². The van der Waals surface area contributed by atoms with Crippen LogP contribution in [-0.4, -0.2) is 35.8 Å². The van der Waals surface area contributed by atoms with Crippen molar-refractivity contribution in [2.75, 3.05) is 19.5 Å². The minimum atomic E-state index is -0.381. The first kappa shape index (κ1) is 23.0. The highest BCUT2D eigenvalue weighted by atomic mass is 35.5. The van der Waals surface area contributed by atoms with Crippen molar-refractivity contribution >= 4 is 41.0 Å². The van der Waals surface area contributed by atoms with Gasteiger partial charge in [-0.3, -0.25) is 9.59 Å². The lowest BCUT2D eigenvalue weighted by Crippen LogP contribution is -2.29. The van der Waals surface area contributed by atoms with Gasteiger partial charge in [0.25, 0.3) is 5.91 Å². The molecule has 2 heterocycles. The summed E-state index contributed by atoms with van der Waals surface area (Å²) in [4.78, 5) is 25.7. The van der Waals surface area contributed by atoms with E-state index >= 15 is 0 Å². The van der Waals surface area contributed by atoms with Crippen LogP contribution in [0.25, 0.3) is 0 Å². The summed E-state index contributed by atoms with van der Waals surface area (Å²) in [6.07, 6.45) is 0. The summed E-state index contributed by atoms with van der Waals surface area (Å²) in [7, 11) is 3.10. The number of amides is 2. The van der Waals surface area contributed by atoms with Crippen LogP contribution in [-0.2, 0) is 29.4 Å². The number of nitrogens with zero attached hydrogens (tertiary/aromatic N) is 2. The zero-order valence-corrected chi connectivity index (χ0v) is 19.8. The smallest absolute Gasteiger partial charge is 0.260 e. The zero-order chi connectivity index (χ0) is 23.4. The molecule has 0 unspecified atom stereocenters. The standard InChI is InChI=1S/C23H23ClN4O4S/c1-31-16-6-3-14(4-7-16)10-25-21(29)11-28-22(18-12-33-13-19(18)27-28)26-23(30)17-9-15(24)5-8-20(17)32-2/h3-9H,10-13H2,1-2H3,(H,25,29)(H,26,30). The molecule has 3 aromatic rings. The summed E-state index contributed by atoms with van der Waals surface area (Å²) in [5.41, 5.74) is 3.06. The quantitative estimate of drug-likeness (QED) is 0.502. The first-order valence-corrected chi connectivity index (χ1v) is 11.7. The number of benzene rings is 2. The highest BCUT2D eigenvalue weighted by molar-refractivity contribution is 7.98. The number of methoxy groups -OCH3 is 2. The first-order chi connectivity index (χ1) is 16.0. The van der Waals surface area contributed by atoms with E-state index in [-0.39, 0.29) is 18.4 Å². The van der Waals surface area contributed by atoms with E-state index in [2.05, 4.69) is 15.7 Å². The Morgan fingerprint density at radius 3 is 2.64 bits per heavy atom. The Bertz CT molecular complexity index is 1180. The second kappa shape index (κ2) is 10.2. The maximum Gasteiger partial charge on any atom is 0.260 e. The van der Waals surface area contributed by atoms with Gasteiger partial charge in [0.1, 0.15) is 23.9 Å². The Hall–Kier alpha value is -3.17. The third kappa shape index (κ3) is 5.26. The lowest BCUT2D eigenvalue weighted by atomic mass is 10.2. The molecule has 2 N–H and O–H groups in total. The number of rotatable bonds is 8. The van der Waals surface area contributed by atoms with E-state index in [0.29, 0.717) is 34.5 Å². The minimum Gasteiger partial charge on any atom is -0.497 e. The zero-order valence-electron chi connectivity index (χ0n) is 18.2. The fourth-order valence-electron chi connectivity index (χ4n) is 3.49. The molecule has 0 saturated carbocycles. The third-order valence-corrected chi connectivity index (χ3v) is 6.40. The molecule has 172 valence electrons. The average Bonchev–Trinajstić information content (AvgIpc) is 3.40. The molecule has 4 rings (SSSR count). The van der Waals surface area contributed by atoms with E-state index in [1.807, 2.05) is 24.3 Å². The van der Waals surface area contributed by atoms with E-state index in [0.717, 1.165) is 28.3 Å². The second-order valence-corrected chi connectivity index (χ2v) is 8.77. The van der Waals surface area contributed by atoms with E-state index in [1.54, 1.807) is 41.8 Å². The molecule has 0 fully saturated rings. The Labute approximate surface area is 200 Å². The van der Waals surface area contributed by atoms with Gasteiger partial charge in [0, 0.05) is 28.6 Å². The van der Waals surface area contributed by atoms with E-state index in [9.17, 15) is 9.59 Å². The number of carbonyl (C=O) groups is 2. The highest BCUT2D eigenvalue weighted by Gasteiger charge is 2.26. The van der Waals surface area contributed by atoms with Gasteiger partial charge in [0.05, 0.1) is 25.5 Å². The number of hydrogen-bond donors (Lipinski definition) is 2. The van der Waals surface area contributed by atoms with Gasteiger partial charge in [0.2, 0.25) is 5.91 Å². The van der Waals surface area contributed by atoms with Gasteiger partial charge in [-0.25, -0.2) is 4.68 Å². The van der Waals surface area contributed by atoms with Gasteiger partial charge < -0.3 is 20.1 Å². The Morgan fingerprint density at radius 2 is 1.91 bits per heavy atom. The number of ether oxygens (including phenoxy) is 2. The Kier molecular flexibility index (Phi) is 7.10. The van der Waals surface area contributed by atoms with Crippen molar-refractivity contribution in [3.8, 4) is 11.5 Å². The summed E-state index contributed by atoms with van der Waals surface area (Å²) in [6.45, 7) is 0.358. The van der Waals surface area contributed by atoms with Crippen molar-refractivity contribution in [3.63, 3.8) is 0 Å². The molecule has 0 saturated heterocycles. The molecule has 33 heavy (non-hydrogen) atoms. The summed E-state index contributed by atoms with van der Waals surface area (Å²) < 4.78 is 12.0. The molecule has 8 nitrogen and oxygen atoms in total. The van der Waals surface area contributed by atoms with Crippen LogP contribution in [0.3, 0.4) is 0 Å². The average molecular weight is 487 g/mol. The molecule has 1 aliphatic heterocycles. The van der Waals surface area contributed by atoms with Crippen LogP contribution in [0.1, 0.15) is 27.2 Å². The SMILES string of the molecule is COc1ccc(CNC(=O)Cn2nc3c(c2NC(=O)c2cc(Cl)ccc2OC)CSC3)cc1. The number of fused-ring (bicyclic) bond motifs is 1. The monoisotopic (exact) mass is 486 g/mol. The number of thioether (sulfide) groups is 1. The van der Waals surface area contributed by atoms with Gasteiger partial charge in [-0.15, -0.1) is 0 Å². The topological polar surface area (TPSA) is 94.5 Å². The summed E-state index contributed by atoms with van der Waals surface area (Å²) >= 11 is 7.79. The highest BCUT2D eigenvalue weighted by Crippen LogP contribution is 2.35. The van der Waals surface area contributed by atoms with Gasteiger partial charge in [-0.1, -0.05) is 23.7 Å². The van der Waals surface area contributed by atoms with Crippen molar-refractivity contribution < 1.29 is 19.1 Å². The number of anilines is 1. The molecule has 0 aliphatic carbocycles. The van der Waals surface area contributed by atoms with Gasteiger partial charge in [-0.2, -0.15) is 16.9 Å². The molecule has 1 aromatic heterocycles. The molecular weight excluding hydrogens is 464 g/mol. The van der Waals surface area contributed by atoms with Crippen molar-refractivity contribution in [1.82, 2.24) is 15.1 Å². The molecule has 0 atom stereocenters. The predicted octanol–water partition coefficient (Wildman–Crippen LogP) is 3.87. The number of carbonyl (C=O) groups excluding carboxylic acids is 2. The van der Waals surface area contributed by atoms with Crippen LogP contribution < -0.4 is 20.1 Å². The number of hydrogen-bond acceptors (Lipinski definition) is 6. The minimum absolute atomic E-state index is 0.0177. The Morgan fingerprint density at radius 1 is 1.12 bits per heavy atom. The molecule has 10 heteroatoms. The maximum absolute atomic E-state index is 13.0. The predicted molar refractivity (Wildman–Crippen MR) is 128 cm³/mol. The van der Waals surface area contributed by atoms with Crippen LogP contribution in [0.4, 0.5) is 5.82 Å². The first-order valence-electron chi connectivity index (χ1n) is 10.2. The van der Waals surface area contributed by atoms with Crippen molar-refractivity contribution in [2.45, 2.75) is 24.6 Å². The van der Waals surface area contributed by atoms with Crippen LogP contribution in [0.15, 0.2) is 42.5 Å². The van der Waals surface area contributed by atoms with Crippen LogP contribution in [0.5, 0.6) is 11.5 Å². The summed E-state index contributed by atoms with van der Waals surface area (Å²) in [6, 6.07) is 12.3. The molecule has 0 radical (unpaired) electrons. The van der Waals surface area contributed by atoms with Gasteiger partial charge >= 0.3 is 0 Å². The van der Waals surface area contributed by atoms with Gasteiger partial charge in [0.15, 0.2) is 0 Å². The molecule has 2 aromatic carbocycles. The maximum atomic E-state index is 13.0. The molecule has 0 bridgehead atoms. The largest absolute Gasteiger partial charge is 0.497 e. The van der Waals surface area contributed by atoms with Crippen molar-refractivity contribution in [3.05, 3.63) is 69.9 Å². The molecular formula is C23H23ClN4O4S. The summed E-state index contributed by atoms with van der Waals surface area (Å²) in [5.74, 6) is 2.53. The number of nitrogens with one attached hydrogen (secondary N) is 2. The van der Waals surface area contributed by atoms with Crippen LogP contribution in [0.2, 0.25) is 5.02 Å². The van der Waals surface area contributed by atoms with Crippen molar-refractivity contribution in [1.29, 1.82) is 0 Å². The van der Waals surface area contributed by atoms with Crippen LogP contribution >= 0.6 is 23.4 Å². The van der Waals surface area contributed by atoms with E-state index in [4.69, 9.17) is 21.1 Å². The molecule has 1 aliphatic rings. The fourth-order valence-corrected chi connectivity index (χ4v) is 4.70. The van der Waals surface area contributed by atoms with E-state index in [1.165, 1.54) is 7.11 Å². The molecule has 0 spiro atoms. The third-order valence-electron chi connectivity index (χ3n) is 5.20. The normalized spacial score (nSPS) is 12.2. The lowest BCUT2D eigenvalue weighted by Gasteiger charge is -2.13. The fraction of sp³-hybridized carbons (Fsp3) is 0.261. The molecule has 2 amide bonds. The van der Waals surface area contributed by atoms with Crippen LogP contribution in [0, 0.1) is 0 Å². The number of aromatic nitrogens is 2. The Balaban J connectivity index is 1.49.